The number of rotatable bonds is 10. The van der Waals surface area contributed by atoms with E-state index in [1.54, 1.807) is 0 Å². The molecule has 37 heavy (non-hydrogen) atoms. The lowest BCUT2D eigenvalue weighted by atomic mass is 9.97. The predicted molar refractivity (Wildman–Crippen MR) is 153 cm³/mol. The molecule has 0 bridgehead atoms. The molecule has 198 valence electrons. The third-order valence-corrected chi connectivity index (χ3v) is 8.35. The molecule has 6 heteroatoms. The standard InChI is InChI=1S/C31H43N4O2/c1-6-34(7-2)18-10-17-32-29-25-11-8-9-12-27(25)33(3)30-26-21-24(13-14-28(26)37-31(29)30)36-22-23-15-19-35(4,5)20-16-23/h8-9,11-14,21,23H,6-7,10,15-20,22H2,1-5H3/q+1/p+1. The summed E-state index contributed by atoms with van der Waals surface area (Å²) < 4.78 is 16.2. The Morgan fingerprint density at radius 2 is 1.81 bits per heavy atom. The van der Waals surface area contributed by atoms with Crippen molar-refractivity contribution >= 4 is 38.7 Å². The van der Waals surface area contributed by atoms with Gasteiger partial charge in [0.1, 0.15) is 18.4 Å². The number of nitrogens with one attached hydrogen (secondary N) is 1. The summed E-state index contributed by atoms with van der Waals surface area (Å²) in [6.45, 7) is 11.9. The zero-order valence-corrected chi connectivity index (χ0v) is 23.3. The number of hydrogen-bond donors (Lipinski definition) is 1. The molecule has 6 nitrogen and oxygen atoms in total. The second kappa shape index (κ2) is 10.9. The van der Waals surface area contributed by atoms with Crippen LogP contribution in [0.3, 0.4) is 0 Å². The Bertz CT molecular complexity index is 1360. The fourth-order valence-corrected chi connectivity index (χ4v) is 5.81. The lowest BCUT2D eigenvalue weighted by Crippen LogP contribution is -2.46. The van der Waals surface area contributed by atoms with Crippen LogP contribution in [0, 0.1) is 5.92 Å². The van der Waals surface area contributed by atoms with E-state index in [0.29, 0.717) is 5.92 Å². The molecule has 0 radical (unpaired) electrons. The number of quaternary nitrogens is 1. The monoisotopic (exact) mass is 504 g/mol. The second-order valence-corrected chi connectivity index (χ2v) is 11.3. The zero-order chi connectivity index (χ0) is 26.0. The summed E-state index contributed by atoms with van der Waals surface area (Å²) in [6, 6.07) is 14.9. The van der Waals surface area contributed by atoms with E-state index < -0.39 is 0 Å². The number of piperidine rings is 1. The highest BCUT2D eigenvalue weighted by molar-refractivity contribution is 6.11. The van der Waals surface area contributed by atoms with E-state index in [9.17, 15) is 0 Å². The van der Waals surface area contributed by atoms with Gasteiger partial charge in [0.25, 0.3) is 5.52 Å². The number of fused-ring (bicyclic) bond motifs is 4. The van der Waals surface area contributed by atoms with Crippen molar-refractivity contribution in [2.24, 2.45) is 13.0 Å². The van der Waals surface area contributed by atoms with Gasteiger partial charge in [-0.25, -0.2) is 0 Å². The molecule has 1 N–H and O–H groups in total. The second-order valence-electron chi connectivity index (χ2n) is 11.3. The van der Waals surface area contributed by atoms with Crippen LogP contribution in [0.1, 0.15) is 33.1 Å². The minimum Gasteiger partial charge on any atom is -0.493 e. The first-order chi connectivity index (χ1) is 17.9. The maximum Gasteiger partial charge on any atom is 0.261 e. The van der Waals surface area contributed by atoms with E-state index in [-0.39, 0.29) is 0 Å². The zero-order valence-electron chi connectivity index (χ0n) is 23.3. The number of aryl methyl sites for hydroxylation is 1. The van der Waals surface area contributed by atoms with Gasteiger partial charge >= 0.3 is 0 Å². The van der Waals surface area contributed by atoms with Crippen LogP contribution < -0.4 is 14.6 Å². The summed E-state index contributed by atoms with van der Waals surface area (Å²) in [4.78, 5) is 2.47. The van der Waals surface area contributed by atoms with Gasteiger partial charge in [-0.1, -0.05) is 26.0 Å². The van der Waals surface area contributed by atoms with Gasteiger partial charge in [-0.2, -0.15) is 4.57 Å². The smallest absolute Gasteiger partial charge is 0.261 e. The number of furan rings is 1. The van der Waals surface area contributed by atoms with E-state index in [2.05, 4.69) is 92.2 Å². The molecule has 0 aliphatic carbocycles. The Kier molecular flexibility index (Phi) is 7.59. The Hall–Kier alpha value is -2.83. The molecule has 0 unspecified atom stereocenters. The van der Waals surface area contributed by atoms with Crippen LogP contribution in [0.4, 0.5) is 5.69 Å². The van der Waals surface area contributed by atoms with Gasteiger partial charge in [0.15, 0.2) is 0 Å². The highest BCUT2D eigenvalue weighted by atomic mass is 16.5. The number of aromatic nitrogens is 1. The predicted octanol–water partition coefficient (Wildman–Crippen LogP) is 5.57. The first-order valence-electron chi connectivity index (χ1n) is 14.1. The SMILES string of the molecule is CCN(CC)CCCNc1c2ccccc2[n+](C)c2c1oc1ccc(OCC3CC[N+](C)(C)CC3)cc12. The average Bonchev–Trinajstić information content (AvgIpc) is 3.29. The van der Waals surface area contributed by atoms with E-state index in [1.807, 2.05) is 0 Å². The van der Waals surface area contributed by atoms with E-state index in [0.717, 1.165) is 77.2 Å². The number of benzene rings is 2. The van der Waals surface area contributed by atoms with Crippen molar-refractivity contribution in [3.05, 3.63) is 42.5 Å². The maximum atomic E-state index is 6.51. The topological polar surface area (TPSA) is 41.5 Å². The average molecular weight is 505 g/mol. The van der Waals surface area contributed by atoms with Gasteiger partial charge in [0, 0.05) is 31.4 Å². The van der Waals surface area contributed by atoms with Crippen LogP contribution in [0.25, 0.3) is 33.0 Å². The van der Waals surface area contributed by atoms with Gasteiger partial charge < -0.3 is 23.9 Å². The van der Waals surface area contributed by atoms with E-state index in [4.69, 9.17) is 9.15 Å². The molecule has 1 aliphatic rings. The van der Waals surface area contributed by atoms with Crippen molar-refractivity contribution in [2.75, 3.05) is 65.3 Å². The number of anilines is 1. The van der Waals surface area contributed by atoms with Gasteiger partial charge in [0.2, 0.25) is 11.1 Å². The number of nitrogens with zero attached hydrogens (tertiary/aromatic N) is 3. The van der Waals surface area contributed by atoms with Crippen molar-refractivity contribution in [2.45, 2.75) is 33.1 Å². The Morgan fingerprint density at radius 1 is 1.05 bits per heavy atom. The van der Waals surface area contributed by atoms with Crippen LogP contribution in [-0.2, 0) is 7.05 Å². The van der Waals surface area contributed by atoms with Crippen LogP contribution >= 0.6 is 0 Å². The Labute approximate surface area is 221 Å². The van der Waals surface area contributed by atoms with Crippen molar-refractivity contribution in [1.82, 2.24) is 4.90 Å². The fraction of sp³-hybridized carbons (Fsp3) is 0.516. The number of ether oxygens (including phenoxy) is 1. The molecule has 0 saturated carbocycles. The maximum absolute atomic E-state index is 6.51. The van der Waals surface area contributed by atoms with Crippen LogP contribution in [0.15, 0.2) is 46.9 Å². The quantitative estimate of drug-likeness (QED) is 0.174. The van der Waals surface area contributed by atoms with E-state index >= 15 is 0 Å². The molecular weight excluding hydrogens is 460 g/mol. The molecule has 0 spiro atoms. The minimum absolute atomic E-state index is 0.634. The first-order valence-corrected chi connectivity index (χ1v) is 14.1. The van der Waals surface area contributed by atoms with E-state index in [1.165, 1.54) is 36.8 Å². The molecule has 5 rings (SSSR count). The van der Waals surface area contributed by atoms with Gasteiger partial charge in [0.05, 0.1) is 50.3 Å². The van der Waals surface area contributed by atoms with Crippen LogP contribution in [0.5, 0.6) is 5.75 Å². The molecule has 4 aromatic rings. The molecule has 3 heterocycles. The van der Waals surface area contributed by atoms with Crippen LogP contribution in [0.2, 0.25) is 0 Å². The van der Waals surface area contributed by atoms with Crippen molar-refractivity contribution in [1.29, 1.82) is 0 Å². The molecule has 2 aromatic heterocycles. The Morgan fingerprint density at radius 3 is 2.57 bits per heavy atom. The highest BCUT2D eigenvalue weighted by Crippen LogP contribution is 2.37. The van der Waals surface area contributed by atoms with Crippen LogP contribution in [-0.4, -0.2) is 69.4 Å². The van der Waals surface area contributed by atoms with Gasteiger partial charge in [-0.05, 0) is 50.3 Å². The van der Waals surface area contributed by atoms with Gasteiger partial charge in [-0.15, -0.1) is 0 Å². The van der Waals surface area contributed by atoms with Gasteiger partial charge in [-0.3, -0.25) is 0 Å². The third-order valence-electron chi connectivity index (χ3n) is 8.35. The molecule has 1 saturated heterocycles. The summed E-state index contributed by atoms with van der Waals surface area (Å²) in [7, 11) is 6.79. The number of hydrogen-bond acceptors (Lipinski definition) is 4. The summed E-state index contributed by atoms with van der Waals surface area (Å²) in [5.74, 6) is 1.56. The summed E-state index contributed by atoms with van der Waals surface area (Å²) in [5.41, 5.74) is 5.21. The number of pyridine rings is 1. The molecule has 2 aromatic carbocycles. The lowest BCUT2D eigenvalue weighted by molar-refractivity contribution is -0.896. The molecule has 1 aliphatic heterocycles. The number of para-hydroxylation sites is 1. The summed E-state index contributed by atoms with van der Waals surface area (Å²) >= 11 is 0. The molecule has 0 amide bonds. The van der Waals surface area contributed by atoms with Crippen molar-refractivity contribution in [3.8, 4) is 5.75 Å². The van der Waals surface area contributed by atoms with Crippen molar-refractivity contribution in [3.63, 3.8) is 0 Å². The Balaban J connectivity index is 1.44. The summed E-state index contributed by atoms with van der Waals surface area (Å²) in [5, 5.41) is 6.04. The third kappa shape index (κ3) is 5.41. The summed E-state index contributed by atoms with van der Waals surface area (Å²) in [6.07, 6.45) is 3.55. The fourth-order valence-electron chi connectivity index (χ4n) is 5.81. The lowest BCUT2D eigenvalue weighted by Gasteiger charge is -2.37. The first kappa shape index (κ1) is 25.8. The molecule has 1 fully saturated rings. The van der Waals surface area contributed by atoms with Crippen molar-refractivity contribution < 1.29 is 18.2 Å². The number of likely N-dealkylation sites (tertiary alicyclic amines) is 1. The molecular formula is C31H44N4O2+2. The highest BCUT2D eigenvalue weighted by Gasteiger charge is 2.27. The molecule has 0 atom stereocenters. The minimum atomic E-state index is 0.634. The normalized spacial score (nSPS) is 16.3. The largest absolute Gasteiger partial charge is 0.493 e.